The van der Waals surface area contributed by atoms with Gasteiger partial charge in [-0.1, -0.05) is 6.92 Å². The van der Waals surface area contributed by atoms with Crippen molar-refractivity contribution in [3.8, 4) is 6.07 Å². The third kappa shape index (κ3) is 3.43. The average Bonchev–Trinajstić information content (AvgIpc) is 2.38. The van der Waals surface area contributed by atoms with E-state index in [0.29, 0.717) is 12.1 Å². The number of rotatable bonds is 6. The highest BCUT2D eigenvalue weighted by molar-refractivity contribution is 5.61. The van der Waals surface area contributed by atoms with Crippen molar-refractivity contribution in [3.63, 3.8) is 0 Å². The van der Waals surface area contributed by atoms with E-state index in [2.05, 4.69) is 5.32 Å². The maximum atomic E-state index is 10.6. The summed E-state index contributed by atoms with van der Waals surface area (Å²) in [5, 5.41) is 31.6. The molecular formula is C12H15N3O3. The van der Waals surface area contributed by atoms with Crippen LogP contribution in [-0.4, -0.2) is 22.7 Å². The number of nitriles is 1. The van der Waals surface area contributed by atoms with Gasteiger partial charge in [0.05, 0.1) is 16.2 Å². The molecular weight excluding hydrogens is 234 g/mol. The topological polar surface area (TPSA) is 99.2 Å². The van der Waals surface area contributed by atoms with E-state index in [4.69, 9.17) is 10.4 Å². The number of anilines is 1. The lowest BCUT2D eigenvalue weighted by molar-refractivity contribution is -0.384. The molecule has 0 radical (unpaired) electrons. The number of non-ortho nitro benzene ring substituents is 1. The Morgan fingerprint density at radius 1 is 1.61 bits per heavy atom. The van der Waals surface area contributed by atoms with Crippen LogP contribution < -0.4 is 5.32 Å². The Kier molecular flexibility index (Phi) is 5.08. The molecule has 0 spiro atoms. The number of nitro groups is 1. The van der Waals surface area contributed by atoms with Crippen LogP contribution in [0.15, 0.2) is 18.2 Å². The van der Waals surface area contributed by atoms with Crippen LogP contribution in [0.25, 0.3) is 0 Å². The molecule has 18 heavy (non-hydrogen) atoms. The van der Waals surface area contributed by atoms with Gasteiger partial charge in [0.1, 0.15) is 6.07 Å². The second-order valence-electron chi connectivity index (χ2n) is 3.86. The Morgan fingerprint density at radius 3 is 2.83 bits per heavy atom. The fourth-order valence-corrected chi connectivity index (χ4v) is 1.62. The van der Waals surface area contributed by atoms with Gasteiger partial charge in [-0.3, -0.25) is 10.1 Å². The van der Waals surface area contributed by atoms with E-state index in [0.717, 1.165) is 6.42 Å². The quantitative estimate of drug-likeness (QED) is 0.593. The molecule has 2 N–H and O–H groups in total. The largest absolute Gasteiger partial charge is 0.396 e. The summed E-state index contributed by atoms with van der Waals surface area (Å²) in [6.07, 6.45) is 1.36. The van der Waals surface area contributed by atoms with E-state index < -0.39 is 4.92 Å². The van der Waals surface area contributed by atoms with E-state index in [-0.39, 0.29) is 23.9 Å². The van der Waals surface area contributed by atoms with Gasteiger partial charge in [-0.05, 0) is 18.9 Å². The smallest absolute Gasteiger partial charge is 0.270 e. The number of nitro benzene ring substituents is 1. The zero-order valence-electron chi connectivity index (χ0n) is 10.1. The number of nitrogens with one attached hydrogen (secondary N) is 1. The summed E-state index contributed by atoms with van der Waals surface area (Å²) < 4.78 is 0. The van der Waals surface area contributed by atoms with E-state index >= 15 is 0 Å². The number of aliphatic hydroxyl groups excluding tert-OH is 1. The average molecular weight is 249 g/mol. The predicted octanol–water partition coefficient (Wildman–Crippen LogP) is 2.04. The van der Waals surface area contributed by atoms with Crippen LogP contribution >= 0.6 is 0 Å². The Labute approximate surface area is 105 Å². The Balaban J connectivity index is 2.96. The van der Waals surface area contributed by atoms with Gasteiger partial charge in [0.25, 0.3) is 5.69 Å². The molecule has 1 atom stereocenters. The highest BCUT2D eigenvalue weighted by atomic mass is 16.6. The molecule has 0 aliphatic rings. The van der Waals surface area contributed by atoms with Gasteiger partial charge in [-0.25, -0.2) is 0 Å². The van der Waals surface area contributed by atoms with Gasteiger partial charge in [-0.2, -0.15) is 5.26 Å². The van der Waals surface area contributed by atoms with E-state index in [1.165, 1.54) is 18.2 Å². The monoisotopic (exact) mass is 249 g/mol. The molecule has 6 nitrogen and oxygen atoms in total. The SMILES string of the molecule is CCC(CCO)Nc1ccc([N+](=O)[O-])cc1C#N. The van der Waals surface area contributed by atoms with E-state index in [1.807, 2.05) is 13.0 Å². The summed E-state index contributed by atoms with van der Waals surface area (Å²) >= 11 is 0. The van der Waals surface area contributed by atoms with Gasteiger partial charge < -0.3 is 10.4 Å². The number of nitrogens with zero attached hydrogens (tertiary/aromatic N) is 2. The zero-order chi connectivity index (χ0) is 13.5. The predicted molar refractivity (Wildman–Crippen MR) is 67.2 cm³/mol. The van der Waals surface area contributed by atoms with Gasteiger partial charge in [-0.15, -0.1) is 0 Å². The van der Waals surface area contributed by atoms with Crippen molar-refractivity contribution in [3.05, 3.63) is 33.9 Å². The van der Waals surface area contributed by atoms with Gasteiger partial charge in [0, 0.05) is 24.8 Å². The maximum Gasteiger partial charge on any atom is 0.270 e. The van der Waals surface area contributed by atoms with E-state index in [1.54, 1.807) is 0 Å². The van der Waals surface area contributed by atoms with Crippen LogP contribution in [0.2, 0.25) is 0 Å². The highest BCUT2D eigenvalue weighted by Gasteiger charge is 2.13. The summed E-state index contributed by atoms with van der Waals surface area (Å²) in [6.45, 7) is 2.02. The van der Waals surface area contributed by atoms with Gasteiger partial charge >= 0.3 is 0 Å². The van der Waals surface area contributed by atoms with Crippen LogP contribution in [0.3, 0.4) is 0 Å². The van der Waals surface area contributed by atoms with Crippen molar-refractivity contribution in [2.24, 2.45) is 0 Å². The third-order valence-corrected chi connectivity index (χ3v) is 2.66. The molecule has 0 aliphatic carbocycles. The fraction of sp³-hybridized carbons (Fsp3) is 0.417. The van der Waals surface area contributed by atoms with Crippen molar-refractivity contribution in [1.29, 1.82) is 5.26 Å². The van der Waals surface area contributed by atoms with Crippen LogP contribution in [-0.2, 0) is 0 Å². The lowest BCUT2D eigenvalue weighted by Crippen LogP contribution is -2.20. The van der Waals surface area contributed by atoms with Crippen molar-refractivity contribution in [2.45, 2.75) is 25.8 Å². The van der Waals surface area contributed by atoms with Crippen LogP contribution in [0.4, 0.5) is 11.4 Å². The molecule has 1 aromatic rings. The molecule has 0 aliphatic heterocycles. The van der Waals surface area contributed by atoms with Crippen molar-refractivity contribution < 1.29 is 10.0 Å². The summed E-state index contributed by atoms with van der Waals surface area (Å²) in [5.41, 5.74) is 0.691. The summed E-state index contributed by atoms with van der Waals surface area (Å²) in [4.78, 5) is 10.1. The second kappa shape index (κ2) is 6.57. The first kappa shape index (κ1) is 13.9. The minimum atomic E-state index is -0.532. The first-order valence-electron chi connectivity index (χ1n) is 5.68. The molecule has 0 fully saturated rings. The Bertz CT molecular complexity index is 468. The Morgan fingerprint density at radius 2 is 2.33 bits per heavy atom. The minimum absolute atomic E-state index is 0.0450. The van der Waals surface area contributed by atoms with Crippen molar-refractivity contribution >= 4 is 11.4 Å². The first-order valence-corrected chi connectivity index (χ1v) is 5.68. The summed E-state index contributed by atoms with van der Waals surface area (Å²) in [7, 11) is 0. The zero-order valence-corrected chi connectivity index (χ0v) is 10.1. The lowest BCUT2D eigenvalue weighted by Gasteiger charge is -2.17. The number of aliphatic hydroxyl groups is 1. The van der Waals surface area contributed by atoms with Crippen LogP contribution in [0.5, 0.6) is 0 Å². The molecule has 0 bridgehead atoms. The molecule has 0 heterocycles. The maximum absolute atomic E-state index is 10.6. The van der Waals surface area contributed by atoms with Crippen LogP contribution in [0, 0.1) is 21.4 Å². The molecule has 1 unspecified atom stereocenters. The normalized spacial score (nSPS) is 11.6. The van der Waals surface area contributed by atoms with Gasteiger partial charge in [0.2, 0.25) is 0 Å². The molecule has 1 aromatic carbocycles. The lowest BCUT2D eigenvalue weighted by atomic mass is 10.1. The Hall–Kier alpha value is -2.13. The van der Waals surface area contributed by atoms with Gasteiger partial charge in [0.15, 0.2) is 0 Å². The fourth-order valence-electron chi connectivity index (χ4n) is 1.62. The number of hydrogen-bond acceptors (Lipinski definition) is 5. The standard InChI is InChI=1S/C12H15N3O3/c1-2-10(5-6-16)14-12-4-3-11(15(17)18)7-9(12)8-13/h3-4,7,10,14,16H,2,5-6H2,1H3. The summed E-state index contributed by atoms with van der Waals surface area (Å²) in [5.74, 6) is 0. The summed E-state index contributed by atoms with van der Waals surface area (Å²) in [6, 6.07) is 6.10. The highest BCUT2D eigenvalue weighted by Crippen LogP contribution is 2.22. The first-order chi connectivity index (χ1) is 8.62. The molecule has 0 amide bonds. The molecule has 6 heteroatoms. The van der Waals surface area contributed by atoms with Crippen molar-refractivity contribution in [1.82, 2.24) is 0 Å². The second-order valence-corrected chi connectivity index (χ2v) is 3.86. The number of benzene rings is 1. The molecule has 0 aromatic heterocycles. The molecule has 0 saturated heterocycles. The minimum Gasteiger partial charge on any atom is -0.396 e. The number of hydrogen-bond donors (Lipinski definition) is 2. The van der Waals surface area contributed by atoms with E-state index in [9.17, 15) is 10.1 Å². The molecule has 96 valence electrons. The van der Waals surface area contributed by atoms with Crippen LogP contribution in [0.1, 0.15) is 25.3 Å². The third-order valence-electron chi connectivity index (χ3n) is 2.66. The molecule has 1 rings (SSSR count). The van der Waals surface area contributed by atoms with Crippen molar-refractivity contribution in [2.75, 3.05) is 11.9 Å². The molecule has 0 saturated carbocycles.